The van der Waals surface area contributed by atoms with Gasteiger partial charge in [0, 0.05) is 0 Å². The molecule has 3 N–H and O–H groups in total. The lowest BCUT2D eigenvalue weighted by molar-refractivity contribution is 0.186. The van der Waals surface area contributed by atoms with Crippen molar-refractivity contribution in [3.8, 4) is 5.88 Å². The van der Waals surface area contributed by atoms with Gasteiger partial charge in [-0.05, 0) is 19.3 Å². The summed E-state index contributed by atoms with van der Waals surface area (Å²) in [6.45, 7) is 6.14. The lowest BCUT2D eigenvalue weighted by Crippen LogP contribution is -2.20. The van der Waals surface area contributed by atoms with Crippen molar-refractivity contribution >= 4 is 5.69 Å². The fourth-order valence-electron chi connectivity index (χ4n) is 1.39. The second-order valence-electron chi connectivity index (χ2n) is 4.01. The summed E-state index contributed by atoms with van der Waals surface area (Å²) in [6, 6.07) is 0. The largest absolute Gasteiger partial charge is 0.473 e. The molecule has 0 spiro atoms. The summed E-state index contributed by atoms with van der Waals surface area (Å²) in [7, 11) is 0. The third kappa shape index (κ3) is 3.27. The molecule has 0 bridgehead atoms. The molecular formula is C10H17N3O2. The van der Waals surface area contributed by atoms with Crippen molar-refractivity contribution in [2.75, 3.05) is 5.73 Å². The summed E-state index contributed by atoms with van der Waals surface area (Å²) in [5, 5.41) is 0. The highest BCUT2D eigenvalue weighted by molar-refractivity contribution is 5.44. The van der Waals surface area contributed by atoms with Gasteiger partial charge in [-0.25, -0.2) is 4.98 Å². The Hall–Kier alpha value is -1.52. The van der Waals surface area contributed by atoms with E-state index in [0.717, 1.165) is 6.42 Å². The molecule has 1 aromatic rings. The van der Waals surface area contributed by atoms with E-state index < -0.39 is 0 Å². The zero-order valence-corrected chi connectivity index (χ0v) is 9.28. The molecule has 1 atom stereocenters. The Kier molecular flexibility index (Phi) is 3.71. The van der Waals surface area contributed by atoms with Gasteiger partial charge < -0.3 is 15.5 Å². The Labute approximate surface area is 88.7 Å². The van der Waals surface area contributed by atoms with Gasteiger partial charge in [0.1, 0.15) is 0 Å². The molecule has 0 aliphatic rings. The number of nitrogen functional groups attached to an aromatic ring is 1. The summed E-state index contributed by atoms with van der Waals surface area (Å²) < 4.78 is 5.48. The van der Waals surface area contributed by atoms with Crippen LogP contribution in [0.4, 0.5) is 5.69 Å². The second-order valence-corrected chi connectivity index (χ2v) is 4.01. The van der Waals surface area contributed by atoms with Crippen LogP contribution >= 0.6 is 0 Å². The van der Waals surface area contributed by atoms with Crippen LogP contribution in [0.1, 0.15) is 27.2 Å². The van der Waals surface area contributed by atoms with Crippen molar-refractivity contribution < 1.29 is 4.74 Å². The third-order valence-corrected chi connectivity index (χ3v) is 1.97. The van der Waals surface area contributed by atoms with Crippen LogP contribution < -0.4 is 16.0 Å². The van der Waals surface area contributed by atoms with Crippen LogP contribution in [0.25, 0.3) is 0 Å². The first kappa shape index (κ1) is 11.6. The zero-order chi connectivity index (χ0) is 11.4. The molecule has 0 aliphatic heterocycles. The van der Waals surface area contributed by atoms with Crippen molar-refractivity contribution in [3.63, 3.8) is 0 Å². The van der Waals surface area contributed by atoms with Crippen LogP contribution in [-0.4, -0.2) is 16.1 Å². The van der Waals surface area contributed by atoms with Gasteiger partial charge >= 0.3 is 0 Å². The van der Waals surface area contributed by atoms with E-state index in [4.69, 9.17) is 10.5 Å². The molecule has 1 heterocycles. The Morgan fingerprint density at radius 1 is 1.53 bits per heavy atom. The number of rotatable bonds is 4. The van der Waals surface area contributed by atoms with Gasteiger partial charge in [-0.15, -0.1) is 0 Å². The number of ether oxygens (including phenoxy) is 1. The lowest BCUT2D eigenvalue weighted by Gasteiger charge is -2.16. The summed E-state index contributed by atoms with van der Waals surface area (Å²) in [4.78, 5) is 17.4. The fraction of sp³-hybridized carbons (Fsp3) is 0.600. The minimum atomic E-state index is -0.364. The Morgan fingerprint density at radius 3 is 2.80 bits per heavy atom. The maximum atomic E-state index is 11.1. The average molecular weight is 211 g/mol. The SMILES string of the molecule is CC(C)CC(C)Oc1nc[nH]c(=O)c1N. The number of hydrogen-bond donors (Lipinski definition) is 2. The van der Waals surface area contributed by atoms with Crippen LogP contribution in [-0.2, 0) is 0 Å². The standard InChI is InChI=1S/C10H17N3O2/c1-6(2)4-7(3)15-10-8(11)9(14)12-5-13-10/h5-7H,4,11H2,1-3H3,(H,12,13,14). The van der Waals surface area contributed by atoms with Gasteiger partial charge in [0.2, 0.25) is 5.88 Å². The van der Waals surface area contributed by atoms with Crippen molar-refractivity contribution in [1.82, 2.24) is 9.97 Å². The molecule has 0 fully saturated rings. The first-order valence-corrected chi connectivity index (χ1v) is 5.00. The minimum Gasteiger partial charge on any atom is -0.473 e. The van der Waals surface area contributed by atoms with Gasteiger partial charge in [0.15, 0.2) is 5.69 Å². The van der Waals surface area contributed by atoms with E-state index in [1.807, 2.05) is 6.92 Å². The van der Waals surface area contributed by atoms with Gasteiger partial charge in [0.25, 0.3) is 5.56 Å². The number of H-pyrrole nitrogens is 1. The molecule has 1 rings (SSSR count). The van der Waals surface area contributed by atoms with Gasteiger partial charge in [0.05, 0.1) is 12.4 Å². The Bertz CT molecular complexity index is 373. The topological polar surface area (TPSA) is 81.0 Å². The molecule has 0 saturated heterocycles. The fourth-order valence-corrected chi connectivity index (χ4v) is 1.39. The van der Waals surface area contributed by atoms with E-state index >= 15 is 0 Å². The van der Waals surface area contributed by atoms with Crippen molar-refractivity contribution in [2.24, 2.45) is 5.92 Å². The number of nitrogens with zero attached hydrogens (tertiary/aromatic N) is 1. The summed E-state index contributed by atoms with van der Waals surface area (Å²) in [5.74, 6) is 0.745. The number of aromatic amines is 1. The third-order valence-electron chi connectivity index (χ3n) is 1.97. The molecule has 84 valence electrons. The summed E-state index contributed by atoms with van der Waals surface area (Å²) >= 11 is 0. The van der Waals surface area contributed by atoms with Gasteiger partial charge in [-0.2, -0.15) is 0 Å². The molecule has 5 nitrogen and oxygen atoms in total. The molecular weight excluding hydrogens is 194 g/mol. The van der Waals surface area contributed by atoms with E-state index in [1.54, 1.807) is 0 Å². The highest BCUT2D eigenvalue weighted by Gasteiger charge is 2.11. The summed E-state index contributed by atoms with van der Waals surface area (Å²) in [6.07, 6.45) is 2.19. The quantitative estimate of drug-likeness (QED) is 0.783. The van der Waals surface area contributed by atoms with Crippen LogP contribution in [0.3, 0.4) is 0 Å². The van der Waals surface area contributed by atoms with E-state index in [-0.39, 0.29) is 23.2 Å². The number of aromatic nitrogens is 2. The minimum absolute atomic E-state index is 0.00148. The molecule has 0 radical (unpaired) electrons. The number of hydrogen-bond acceptors (Lipinski definition) is 4. The maximum absolute atomic E-state index is 11.1. The van der Waals surface area contributed by atoms with Crippen molar-refractivity contribution in [2.45, 2.75) is 33.3 Å². The molecule has 0 aliphatic carbocycles. The molecule has 1 unspecified atom stereocenters. The van der Waals surface area contributed by atoms with E-state index in [1.165, 1.54) is 6.33 Å². The van der Waals surface area contributed by atoms with Gasteiger partial charge in [-0.3, -0.25) is 4.79 Å². The predicted molar refractivity (Wildman–Crippen MR) is 58.8 cm³/mol. The molecule has 5 heteroatoms. The molecule has 0 amide bonds. The molecule has 0 saturated carbocycles. The Morgan fingerprint density at radius 2 is 2.20 bits per heavy atom. The van der Waals surface area contributed by atoms with Crippen LogP contribution in [0.5, 0.6) is 5.88 Å². The highest BCUT2D eigenvalue weighted by atomic mass is 16.5. The maximum Gasteiger partial charge on any atom is 0.277 e. The molecule has 1 aromatic heterocycles. The first-order chi connectivity index (χ1) is 7.00. The monoisotopic (exact) mass is 211 g/mol. The number of nitrogens with one attached hydrogen (secondary N) is 1. The second kappa shape index (κ2) is 4.82. The van der Waals surface area contributed by atoms with Crippen LogP contribution in [0.15, 0.2) is 11.1 Å². The van der Waals surface area contributed by atoms with E-state index in [2.05, 4.69) is 23.8 Å². The lowest BCUT2D eigenvalue weighted by atomic mass is 10.1. The number of anilines is 1. The number of nitrogens with two attached hydrogens (primary N) is 1. The van der Waals surface area contributed by atoms with E-state index in [0.29, 0.717) is 5.92 Å². The van der Waals surface area contributed by atoms with Crippen LogP contribution in [0, 0.1) is 5.92 Å². The average Bonchev–Trinajstić information content (AvgIpc) is 2.11. The van der Waals surface area contributed by atoms with Crippen LogP contribution in [0.2, 0.25) is 0 Å². The normalized spacial score (nSPS) is 12.8. The zero-order valence-electron chi connectivity index (χ0n) is 9.28. The van der Waals surface area contributed by atoms with Crippen molar-refractivity contribution in [1.29, 1.82) is 0 Å². The Balaban J connectivity index is 2.72. The predicted octanol–water partition coefficient (Wildman–Crippen LogP) is 1.17. The van der Waals surface area contributed by atoms with Crippen molar-refractivity contribution in [3.05, 3.63) is 16.7 Å². The first-order valence-electron chi connectivity index (χ1n) is 5.00. The summed E-state index contributed by atoms with van der Waals surface area (Å²) in [5.41, 5.74) is 5.20. The smallest absolute Gasteiger partial charge is 0.277 e. The molecule has 15 heavy (non-hydrogen) atoms. The molecule has 0 aromatic carbocycles. The van der Waals surface area contributed by atoms with E-state index in [9.17, 15) is 4.79 Å². The highest BCUT2D eigenvalue weighted by Crippen LogP contribution is 2.16. The van der Waals surface area contributed by atoms with Gasteiger partial charge in [-0.1, -0.05) is 13.8 Å².